The Labute approximate surface area is 148 Å². The summed E-state index contributed by atoms with van der Waals surface area (Å²) in [4.78, 5) is 21.9. The highest BCUT2D eigenvalue weighted by atomic mass is 35.5. The second-order valence-corrected chi connectivity index (χ2v) is 6.33. The van der Waals surface area contributed by atoms with Gasteiger partial charge in [-0.25, -0.2) is 4.39 Å². The molecule has 8 heteroatoms. The van der Waals surface area contributed by atoms with Gasteiger partial charge in [0.1, 0.15) is 12.8 Å². The summed E-state index contributed by atoms with van der Waals surface area (Å²) in [6.07, 6.45) is -0.372. The zero-order chi connectivity index (χ0) is 17.4. The summed E-state index contributed by atoms with van der Waals surface area (Å²) in [6, 6.07) is 4.91. The summed E-state index contributed by atoms with van der Waals surface area (Å²) >= 11 is 16.3. The van der Waals surface area contributed by atoms with Crippen molar-refractivity contribution in [3.8, 4) is 0 Å². The molecule has 0 spiro atoms. The maximum atomic E-state index is 13.0. The van der Waals surface area contributed by atoms with E-state index in [1.165, 1.54) is 24.3 Å². The molecule has 2 unspecified atom stereocenters. The fraction of sp³-hybridized carbons (Fsp3) is 0.467. The van der Waals surface area contributed by atoms with E-state index in [2.05, 4.69) is 5.32 Å². The molecule has 128 valence electrons. The van der Waals surface area contributed by atoms with Crippen LogP contribution in [0.15, 0.2) is 24.3 Å². The van der Waals surface area contributed by atoms with Gasteiger partial charge in [0.25, 0.3) is 5.91 Å². The zero-order valence-corrected chi connectivity index (χ0v) is 14.4. The van der Waals surface area contributed by atoms with Crippen LogP contribution in [0.1, 0.15) is 34.9 Å². The number of alkyl halides is 4. The molecule has 0 aliphatic rings. The number of rotatable bonds is 9. The Morgan fingerprint density at radius 2 is 1.83 bits per heavy atom. The molecule has 4 nitrogen and oxygen atoms in total. The molecule has 0 aromatic heterocycles. The molecule has 1 amide bonds. The number of aliphatic hydroxyl groups excluding tert-OH is 1. The predicted octanol–water partition coefficient (Wildman–Crippen LogP) is 3.18. The lowest BCUT2D eigenvalue weighted by Crippen LogP contribution is -2.43. The minimum absolute atomic E-state index is 0.0610. The van der Waals surface area contributed by atoms with E-state index in [9.17, 15) is 19.1 Å². The fourth-order valence-corrected chi connectivity index (χ4v) is 2.18. The van der Waals surface area contributed by atoms with Crippen molar-refractivity contribution >= 4 is 46.5 Å². The fourth-order valence-electron chi connectivity index (χ4n) is 1.92. The molecule has 1 aromatic carbocycles. The topological polar surface area (TPSA) is 66.4 Å². The minimum atomic E-state index is -1.35. The number of carbonyl (C=O) groups is 2. The lowest BCUT2D eigenvalue weighted by molar-refractivity contribution is -0.121. The number of amides is 1. The van der Waals surface area contributed by atoms with Gasteiger partial charge in [0.2, 0.25) is 0 Å². The highest BCUT2D eigenvalue weighted by molar-refractivity contribution is 6.53. The molecule has 0 saturated carbocycles. The Morgan fingerprint density at radius 1 is 1.22 bits per heavy atom. The van der Waals surface area contributed by atoms with Crippen molar-refractivity contribution < 1.29 is 19.1 Å². The van der Waals surface area contributed by atoms with Crippen LogP contribution in [0.5, 0.6) is 0 Å². The van der Waals surface area contributed by atoms with E-state index < -0.39 is 29.6 Å². The van der Waals surface area contributed by atoms with Gasteiger partial charge in [-0.3, -0.25) is 9.59 Å². The van der Waals surface area contributed by atoms with Gasteiger partial charge >= 0.3 is 0 Å². The number of hydrogen-bond acceptors (Lipinski definition) is 3. The third-order valence-corrected chi connectivity index (χ3v) is 3.85. The molecule has 2 N–H and O–H groups in total. The summed E-state index contributed by atoms with van der Waals surface area (Å²) in [5.74, 6) is -0.445. The van der Waals surface area contributed by atoms with Crippen molar-refractivity contribution in [3.05, 3.63) is 35.4 Å². The summed E-state index contributed by atoms with van der Waals surface area (Å²) in [5, 5.41) is 12.4. The van der Waals surface area contributed by atoms with Crippen molar-refractivity contribution in [1.29, 1.82) is 0 Å². The van der Waals surface area contributed by atoms with Crippen LogP contribution in [-0.4, -0.2) is 40.2 Å². The Hall–Kier alpha value is -0.880. The molecule has 0 aliphatic carbocycles. The molecule has 0 radical (unpaired) electrons. The first-order valence-electron chi connectivity index (χ1n) is 6.92. The molecule has 0 aliphatic heterocycles. The first-order chi connectivity index (χ1) is 10.9. The van der Waals surface area contributed by atoms with E-state index in [-0.39, 0.29) is 5.78 Å². The summed E-state index contributed by atoms with van der Waals surface area (Å²) < 4.78 is 13.0. The van der Waals surface area contributed by atoms with E-state index in [1.807, 2.05) is 0 Å². The maximum Gasteiger partial charge on any atom is 0.253 e. The largest absolute Gasteiger partial charge is 0.386 e. The van der Waals surface area contributed by atoms with E-state index in [1.54, 1.807) is 0 Å². The highest BCUT2D eigenvalue weighted by Crippen LogP contribution is 2.19. The summed E-state index contributed by atoms with van der Waals surface area (Å²) in [5.41, 5.74) is 0.844. The Kier molecular flexibility index (Phi) is 8.84. The van der Waals surface area contributed by atoms with Crippen LogP contribution in [0.2, 0.25) is 0 Å². The maximum absolute atomic E-state index is 13.0. The lowest BCUT2D eigenvalue weighted by Gasteiger charge is -2.22. The van der Waals surface area contributed by atoms with Crippen LogP contribution in [0.3, 0.4) is 0 Å². The number of nitrogens with one attached hydrogen (secondary N) is 1. The molecule has 0 fully saturated rings. The van der Waals surface area contributed by atoms with Crippen molar-refractivity contribution in [1.82, 2.24) is 5.32 Å². The first kappa shape index (κ1) is 20.2. The summed E-state index contributed by atoms with van der Waals surface area (Å²) in [7, 11) is 0. The quantitative estimate of drug-likeness (QED) is 0.507. The van der Waals surface area contributed by atoms with Crippen LogP contribution in [0.25, 0.3) is 0 Å². The van der Waals surface area contributed by atoms with E-state index in [0.29, 0.717) is 29.8 Å². The molecule has 2 atom stereocenters. The van der Waals surface area contributed by atoms with Gasteiger partial charge in [-0.05, 0) is 12.0 Å². The highest BCUT2D eigenvalue weighted by Gasteiger charge is 2.25. The average Bonchev–Trinajstić information content (AvgIpc) is 2.56. The summed E-state index contributed by atoms with van der Waals surface area (Å²) in [6.45, 7) is -0.996. The number of benzene rings is 1. The zero-order valence-electron chi connectivity index (χ0n) is 12.1. The molecular weight excluding hydrogens is 368 g/mol. The van der Waals surface area contributed by atoms with Gasteiger partial charge in [0.15, 0.2) is 10.6 Å². The SMILES string of the molecule is O=C(CCCCl)c1ccc(C(O)C(CF)NC(=O)C(Cl)Cl)cc1. The molecule has 1 rings (SSSR count). The van der Waals surface area contributed by atoms with Crippen LogP contribution >= 0.6 is 34.8 Å². The van der Waals surface area contributed by atoms with Gasteiger partial charge in [0.05, 0.1) is 6.04 Å². The standard InChI is InChI=1S/C15H17Cl3FNO3/c16-7-1-2-12(21)9-3-5-10(6-4-9)13(22)11(8-19)20-15(23)14(17)18/h3-6,11,13-14,22H,1-2,7-8H2,(H,20,23). The molecule has 0 saturated heterocycles. The van der Waals surface area contributed by atoms with Crippen LogP contribution in [-0.2, 0) is 4.79 Å². The molecule has 0 heterocycles. The van der Waals surface area contributed by atoms with Gasteiger partial charge < -0.3 is 10.4 Å². The number of hydrogen-bond donors (Lipinski definition) is 2. The number of ketones is 1. The van der Waals surface area contributed by atoms with Gasteiger partial charge in [-0.15, -0.1) is 11.6 Å². The second-order valence-electron chi connectivity index (χ2n) is 4.85. The van der Waals surface area contributed by atoms with Gasteiger partial charge in [-0.2, -0.15) is 0 Å². The Balaban J connectivity index is 2.77. The van der Waals surface area contributed by atoms with E-state index >= 15 is 0 Å². The molecule has 23 heavy (non-hydrogen) atoms. The number of halogens is 4. The van der Waals surface area contributed by atoms with Crippen LogP contribution < -0.4 is 5.32 Å². The van der Waals surface area contributed by atoms with Crippen LogP contribution in [0.4, 0.5) is 4.39 Å². The Bertz CT molecular complexity index is 525. The first-order valence-corrected chi connectivity index (χ1v) is 8.33. The minimum Gasteiger partial charge on any atom is -0.386 e. The van der Waals surface area contributed by atoms with Crippen molar-refractivity contribution in [3.63, 3.8) is 0 Å². The predicted molar refractivity (Wildman–Crippen MR) is 89.1 cm³/mol. The van der Waals surface area contributed by atoms with Gasteiger partial charge in [0, 0.05) is 17.9 Å². The van der Waals surface area contributed by atoms with Crippen molar-refractivity contribution in [2.45, 2.75) is 29.8 Å². The van der Waals surface area contributed by atoms with Crippen LogP contribution in [0, 0.1) is 0 Å². The Morgan fingerprint density at radius 3 is 2.30 bits per heavy atom. The second kappa shape index (κ2) is 10.1. The smallest absolute Gasteiger partial charge is 0.253 e. The number of carbonyl (C=O) groups excluding carboxylic acids is 2. The lowest BCUT2D eigenvalue weighted by atomic mass is 9.99. The average molecular weight is 385 g/mol. The monoisotopic (exact) mass is 383 g/mol. The molecule has 1 aromatic rings. The molecule has 0 bridgehead atoms. The van der Waals surface area contributed by atoms with E-state index in [4.69, 9.17) is 34.8 Å². The third kappa shape index (κ3) is 6.26. The van der Waals surface area contributed by atoms with Gasteiger partial charge in [-0.1, -0.05) is 47.5 Å². The third-order valence-electron chi connectivity index (χ3n) is 3.18. The number of Topliss-reactive ketones (excluding diaryl/α,β-unsaturated/α-hetero) is 1. The van der Waals surface area contributed by atoms with E-state index in [0.717, 1.165) is 0 Å². The van der Waals surface area contributed by atoms with Crippen molar-refractivity contribution in [2.24, 2.45) is 0 Å². The molecular formula is C15H17Cl3FNO3. The van der Waals surface area contributed by atoms with Crippen molar-refractivity contribution in [2.75, 3.05) is 12.6 Å². The number of aliphatic hydroxyl groups is 1. The normalized spacial score (nSPS) is 13.7.